The Morgan fingerprint density at radius 2 is 1.91 bits per heavy atom. The first-order chi connectivity index (χ1) is 16.8. The normalized spacial score (nSPS) is 39.6. The van der Waals surface area contributed by atoms with Crippen molar-refractivity contribution in [2.75, 3.05) is 0 Å². The topological polar surface area (TPSA) is 28.7 Å². The van der Waals surface area contributed by atoms with Gasteiger partial charge in [-0.25, -0.2) is 4.98 Å². The number of hydrogen-bond donors (Lipinski definition) is 1. The van der Waals surface area contributed by atoms with E-state index in [4.69, 9.17) is 0 Å². The van der Waals surface area contributed by atoms with Gasteiger partial charge in [0.1, 0.15) is 0 Å². The van der Waals surface area contributed by atoms with Gasteiger partial charge in [0.2, 0.25) is 0 Å². The largest absolute Gasteiger partial charge is 0.348 e. The molecule has 0 aliphatic heterocycles. The summed E-state index contributed by atoms with van der Waals surface area (Å²) >= 11 is 0. The monoisotopic (exact) mass is 514 g/mol. The zero-order valence-corrected chi connectivity index (χ0v) is 24.7. The van der Waals surface area contributed by atoms with Crippen LogP contribution in [0.15, 0.2) is 24.2 Å². The molecule has 1 unspecified atom stereocenters. The maximum Gasteiger partial charge on any atom is 0.0921 e. The molecule has 196 valence electrons. The summed E-state index contributed by atoms with van der Waals surface area (Å²) in [6.45, 7) is 12.8. The summed E-state index contributed by atoms with van der Waals surface area (Å²) in [5, 5.41) is 0.787. The van der Waals surface area contributed by atoms with Gasteiger partial charge in [0.15, 0.2) is 0 Å². The van der Waals surface area contributed by atoms with Gasteiger partial charge in [-0.2, -0.15) is 0 Å². The molecule has 4 aliphatic carbocycles. The number of nitrogens with zero attached hydrogens (tertiary/aromatic N) is 1. The van der Waals surface area contributed by atoms with Gasteiger partial charge < -0.3 is 4.98 Å². The van der Waals surface area contributed by atoms with Crippen LogP contribution >= 0.6 is 21.6 Å². The molecule has 0 amide bonds. The number of allylic oxidation sites excluding steroid dienone is 2. The smallest absolute Gasteiger partial charge is 0.0921 e. The van der Waals surface area contributed by atoms with Crippen molar-refractivity contribution in [2.45, 2.75) is 116 Å². The summed E-state index contributed by atoms with van der Waals surface area (Å²) in [4.78, 5) is 7.41. The average Bonchev–Trinajstić information content (AvgIpc) is 3.46. The number of nitrogens with one attached hydrogen (secondary N) is 1. The fourth-order valence-electron chi connectivity index (χ4n) is 9.29. The standard InChI is InChI=1S/C31H50N2S2/c1-21(2)7-6-8-22(3)27-11-12-28-26-10-9-23-17-25(35-34-19-24-18-32-20-33-24)13-15-30(23,4)29(26)14-16-31(27,28)5/h9,18,20-22,25-29H,6-8,10-17,19H2,1-5H3,(H,32,33)/t22?,25-,26-,27+,28-,29-,30-,31+/m0/s1. The molecule has 4 aliphatic rings. The predicted octanol–water partition coefficient (Wildman–Crippen LogP) is 9.70. The lowest BCUT2D eigenvalue weighted by Crippen LogP contribution is -2.50. The number of H-pyrrole nitrogens is 1. The van der Waals surface area contributed by atoms with Crippen molar-refractivity contribution in [3.8, 4) is 0 Å². The summed E-state index contributed by atoms with van der Waals surface area (Å²) in [6.07, 6.45) is 22.4. The number of fused-ring (bicyclic) bond motifs is 5. The van der Waals surface area contributed by atoms with Crippen molar-refractivity contribution in [3.05, 3.63) is 29.9 Å². The Hall–Kier alpha value is -0.350. The third-order valence-corrected chi connectivity index (χ3v) is 14.1. The average molecular weight is 515 g/mol. The van der Waals surface area contributed by atoms with Crippen LogP contribution in [0.2, 0.25) is 0 Å². The van der Waals surface area contributed by atoms with Gasteiger partial charge in [0, 0.05) is 22.9 Å². The molecule has 3 fully saturated rings. The van der Waals surface area contributed by atoms with Crippen molar-refractivity contribution < 1.29 is 0 Å². The predicted molar refractivity (Wildman–Crippen MR) is 154 cm³/mol. The number of aromatic nitrogens is 2. The molecule has 0 bridgehead atoms. The Labute approximate surface area is 223 Å². The number of imidazole rings is 1. The molecule has 1 aromatic rings. The van der Waals surface area contributed by atoms with Crippen LogP contribution in [-0.2, 0) is 5.75 Å². The summed E-state index contributed by atoms with van der Waals surface area (Å²) in [5.41, 5.74) is 4.18. The number of rotatable bonds is 9. The van der Waals surface area contributed by atoms with Crippen LogP contribution in [0.1, 0.15) is 111 Å². The van der Waals surface area contributed by atoms with E-state index in [0.717, 1.165) is 46.5 Å². The molecule has 0 saturated heterocycles. The van der Waals surface area contributed by atoms with Gasteiger partial charge in [-0.1, -0.05) is 87.1 Å². The zero-order valence-electron chi connectivity index (χ0n) is 23.0. The third-order valence-electron chi connectivity index (χ3n) is 11.2. The Morgan fingerprint density at radius 1 is 1.06 bits per heavy atom. The Kier molecular flexibility index (Phi) is 8.10. The molecule has 3 saturated carbocycles. The molecular formula is C31H50N2S2. The van der Waals surface area contributed by atoms with E-state index in [2.05, 4.69) is 61.5 Å². The molecule has 35 heavy (non-hydrogen) atoms. The van der Waals surface area contributed by atoms with Gasteiger partial charge in [0.25, 0.3) is 0 Å². The zero-order chi connectivity index (χ0) is 24.6. The van der Waals surface area contributed by atoms with Crippen molar-refractivity contribution >= 4 is 21.6 Å². The first-order valence-electron chi connectivity index (χ1n) is 14.8. The van der Waals surface area contributed by atoms with Crippen LogP contribution in [0.3, 0.4) is 0 Å². The molecule has 0 spiro atoms. The Balaban J connectivity index is 1.21. The van der Waals surface area contributed by atoms with E-state index in [1.54, 1.807) is 6.33 Å². The van der Waals surface area contributed by atoms with Crippen LogP contribution in [0, 0.1) is 46.3 Å². The first-order valence-corrected chi connectivity index (χ1v) is 17.1. The molecule has 5 rings (SSSR count). The van der Waals surface area contributed by atoms with Crippen molar-refractivity contribution in [3.63, 3.8) is 0 Å². The Morgan fingerprint density at radius 3 is 2.69 bits per heavy atom. The SMILES string of the molecule is CC(C)CCCC(C)[C@H]1CC[C@H]2[C@@H]3CC=C4C[C@@H](SSCc5cnc[nH]5)CC[C@]4(C)[C@H]3CC[C@]12C. The third kappa shape index (κ3) is 5.18. The van der Waals surface area contributed by atoms with Gasteiger partial charge in [-0.05, 0) is 97.7 Å². The van der Waals surface area contributed by atoms with Crippen LogP contribution in [-0.4, -0.2) is 15.2 Å². The molecule has 4 heteroatoms. The highest BCUT2D eigenvalue weighted by atomic mass is 33.1. The fraction of sp³-hybridized carbons (Fsp3) is 0.839. The lowest BCUT2D eigenvalue weighted by Gasteiger charge is -2.58. The lowest BCUT2D eigenvalue weighted by molar-refractivity contribution is -0.0497. The second-order valence-electron chi connectivity index (χ2n) is 13.6. The minimum atomic E-state index is 0.482. The summed E-state index contributed by atoms with van der Waals surface area (Å²) in [5.74, 6) is 6.66. The summed E-state index contributed by atoms with van der Waals surface area (Å²) in [7, 11) is 4.15. The van der Waals surface area contributed by atoms with Crippen molar-refractivity contribution in [1.29, 1.82) is 0 Å². The van der Waals surface area contributed by atoms with Gasteiger partial charge in [-0.15, -0.1) is 0 Å². The van der Waals surface area contributed by atoms with Crippen molar-refractivity contribution in [2.24, 2.45) is 46.3 Å². The lowest BCUT2D eigenvalue weighted by atomic mass is 9.47. The van der Waals surface area contributed by atoms with E-state index in [1.807, 2.05) is 22.6 Å². The van der Waals surface area contributed by atoms with Gasteiger partial charge in [-0.3, -0.25) is 0 Å². The van der Waals surface area contributed by atoms with Gasteiger partial charge in [0.05, 0.1) is 6.33 Å². The van der Waals surface area contributed by atoms with E-state index in [-0.39, 0.29) is 0 Å². The van der Waals surface area contributed by atoms with Crippen LogP contribution < -0.4 is 0 Å². The highest BCUT2D eigenvalue weighted by Crippen LogP contribution is 2.67. The molecule has 2 nitrogen and oxygen atoms in total. The quantitative estimate of drug-likeness (QED) is 0.262. The maximum absolute atomic E-state index is 4.16. The molecule has 0 aromatic carbocycles. The molecular weight excluding hydrogens is 464 g/mol. The van der Waals surface area contributed by atoms with E-state index in [1.165, 1.54) is 76.3 Å². The number of hydrogen-bond acceptors (Lipinski definition) is 3. The highest BCUT2D eigenvalue weighted by Gasteiger charge is 2.59. The molecule has 0 radical (unpaired) electrons. The van der Waals surface area contributed by atoms with Gasteiger partial charge >= 0.3 is 0 Å². The molecule has 1 N–H and O–H groups in total. The molecule has 1 heterocycles. The minimum Gasteiger partial charge on any atom is -0.348 e. The van der Waals surface area contributed by atoms with E-state index in [0.29, 0.717) is 10.8 Å². The van der Waals surface area contributed by atoms with Crippen LogP contribution in [0.25, 0.3) is 0 Å². The maximum atomic E-state index is 4.16. The van der Waals surface area contributed by atoms with Crippen LogP contribution in [0.5, 0.6) is 0 Å². The Bertz CT molecular complexity index is 863. The second-order valence-corrected chi connectivity index (χ2v) is 16.3. The molecule has 8 atom stereocenters. The molecule has 1 aromatic heterocycles. The van der Waals surface area contributed by atoms with Crippen molar-refractivity contribution in [1.82, 2.24) is 9.97 Å². The summed E-state index contributed by atoms with van der Waals surface area (Å²) < 4.78 is 0. The summed E-state index contributed by atoms with van der Waals surface area (Å²) in [6, 6.07) is 0. The highest BCUT2D eigenvalue weighted by molar-refractivity contribution is 8.76. The number of aromatic amines is 1. The van der Waals surface area contributed by atoms with E-state index < -0.39 is 0 Å². The van der Waals surface area contributed by atoms with E-state index in [9.17, 15) is 0 Å². The van der Waals surface area contributed by atoms with E-state index >= 15 is 0 Å². The second kappa shape index (κ2) is 10.8. The fourth-order valence-corrected chi connectivity index (χ4v) is 12.0. The first kappa shape index (κ1) is 26.3. The minimum absolute atomic E-state index is 0.482. The van der Waals surface area contributed by atoms with Crippen LogP contribution in [0.4, 0.5) is 0 Å².